The van der Waals surface area contributed by atoms with Gasteiger partial charge in [0, 0.05) is 63.6 Å². The molecule has 2 aromatic rings. The van der Waals surface area contributed by atoms with Gasteiger partial charge in [-0.05, 0) is 47.9 Å². The molecular formula is C26H33FN4O2. The second-order valence-electron chi connectivity index (χ2n) is 9.19. The maximum Gasteiger partial charge on any atom is 0.253 e. The maximum atomic E-state index is 13.1. The zero-order valence-electron chi connectivity index (χ0n) is 19.5. The van der Waals surface area contributed by atoms with E-state index in [1.54, 1.807) is 12.1 Å². The summed E-state index contributed by atoms with van der Waals surface area (Å²) in [6.07, 6.45) is 0. The van der Waals surface area contributed by atoms with Crippen LogP contribution in [0.1, 0.15) is 35.7 Å². The van der Waals surface area contributed by atoms with Gasteiger partial charge in [0.2, 0.25) is 5.91 Å². The van der Waals surface area contributed by atoms with Crippen molar-refractivity contribution in [3.63, 3.8) is 0 Å². The summed E-state index contributed by atoms with van der Waals surface area (Å²) in [4.78, 5) is 33.8. The molecule has 2 amide bonds. The predicted octanol–water partition coefficient (Wildman–Crippen LogP) is 3.06. The van der Waals surface area contributed by atoms with Crippen molar-refractivity contribution in [2.24, 2.45) is 0 Å². The number of carbonyl (C=O) groups is 2. The lowest BCUT2D eigenvalue weighted by Crippen LogP contribution is -2.54. The van der Waals surface area contributed by atoms with Crippen molar-refractivity contribution in [1.82, 2.24) is 14.7 Å². The number of rotatable bonds is 5. The molecule has 176 valence electrons. The highest BCUT2D eigenvalue weighted by atomic mass is 19.1. The molecule has 6 nitrogen and oxygen atoms in total. The Kier molecular flexibility index (Phi) is 7.28. The highest BCUT2D eigenvalue weighted by Gasteiger charge is 2.26. The van der Waals surface area contributed by atoms with E-state index in [0.29, 0.717) is 51.7 Å². The van der Waals surface area contributed by atoms with Crippen LogP contribution >= 0.6 is 0 Å². The van der Waals surface area contributed by atoms with E-state index in [-0.39, 0.29) is 17.6 Å². The SMILES string of the molecule is CC(C)c1ccc(C(=O)N2CCN(CC(=O)N3CCN(c4ccc(F)cc4)CC3)CC2)cc1. The summed E-state index contributed by atoms with van der Waals surface area (Å²) in [5.74, 6) is 0.408. The number of nitrogens with zero attached hydrogens (tertiary/aromatic N) is 4. The van der Waals surface area contributed by atoms with Gasteiger partial charge in [0.05, 0.1) is 6.54 Å². The van der Waals surface area contributed by atoms with Crippen LogP contribution in [-0.2, 0) is 4.79 Å². The fourth-order valence-electron chi connectivity index (χ4n) is 4.46. The number of benzene rings is 2. The fraction of sp³-hybridized carbons (Fsp3) is 0.462. The highest BCUT2D eigenvalue weighted by molar-refractivity contribution is 5.94. The third-order valence-electron chi connectivity index (χ3n) is 6.67. The zero-order chi connectivity index (χ0) is 23.4. The first kappa shape index (κ1) is 23.2. The van der Waals surface area contributed by atoms with Gasteiger partial charge in [0.15, 0.2) is 0 Å². The smallest absolute Gasteiger partial charge is 0.253 e. The molecule has 0 radical (unpaired) electrons. The molecular weight excluding hydrogens is 419 g/mol. The molecule has 4 rings (SSSR count). The molecule has 0 unspecified atom stereocenters. The molecule has 7 heteroatoms. The van der Waals surface area contributed by atoms with Crippen LogP contribution < -0.4 is 4.90 Å². The average molecular weight is 453 g/mol. The van der Waals surface area contributed by atoms with Crippen molar-refractivity contribution in [2.75, 3.05) is 63.8 Å². The minimum Gasteiger partial charge on any atom is -0.368 e. The van der Waals surface area contributed by atoms with Gasteiger partial charge in [-0.25, -0.2) is 4.39 Å². The van der Waals surface area contributed by atoms with Crippen molar-refractivity contribution < 1.29 is 14.0 Å². The average Bonchev–Trinajstić information content (AvgIpc) is 2.85. The van der Waals surface area contributed by atoms with Crippen molar-refractivity contribution >= 4 is 17.5 Å². The maximum absolute atomic E-state index is 13.1. The number of anilines is 1. The Hall–Kier alpha value is -2.93. The van der Waals surface area contributed by atoms with Crippen LogP contribution in [0, 0.1) is 5.82 Å². The summed E-state index contributed by atoms with van der Waals surface area (Å²) in [7, 11) is 0. The lowest BCUT2D eigenvalue weighted by Gasteiger charge is -2.38. The van der Waals surface area contributed by atoms with Crippen LogP contribution in [0.4, 0.5) is 10.1 Å². The van der Waals surface area contributed by atoms with Crippen LogP contribution in [-0.4, -0.2) is 85.4 Å². The number of carbonyl (C=O) groups excluding carboxylic acids is 2. The lowest BCUT2D eigenvalue weighted by atomic mass is 10.0. The van der Waals surface area contributed by atoms with E-state index in [9.17, 15) is 14.0 Å². The number of hydrogen-bond acceptors (Lipinski definition) is 4. The van der Waals surface area contributed by atoms with Crippen molar-refractivity contribution in [1.29, 1.82) is 0 Å². The van der Waals surface area contributed by atoms with E-state index in [1.165, 1.54) is 17.7 Å². The summed E-state index contributed by atoms with van der Waals surface area (Å²) < 4.78 is 13.1. The van der Waals surface area contributed by atoms with Crippen LogP contribution in [0.3, 0.4) is 0 Å². The molecule has 0 spiro atoms. The second kappa shape index (κ2) is 10.3. The molecule has 2 saturated heterocycles. The molecule has 0 N–H and O–H groups in total. The van der Waals surface area contributed by atoms with Crippen molar-refractivity contribution in [3.05, 3.63) is 65.5 Å². The van der Waals surface area contributed by atoms with Crippen molar-refractivity contribution in [3.8, 4) is 0 Å². The summed E-state index contributed by atoms with van der Waals surface area (Å²) in [5, 5.41) is 0. The van der Waals surface area contributed by atoms with E-state index >= 15 is 0 Å². The first-order chi connectivity index (χ1) is 15.9. The van der Waals surface area contributed by atoms with Gasteiger partial charge in [0.1, 0.15) is 5.82 Å². The number of amides is 2. The third kappa shape index (κ3) is 5.71. The predicted molar refractivity (Wildman–Crippen MR) is 128 cm³/mol. The van der Waals surface area contributed by atoms with Gasteiger partial charge >= 0.3 is 0 Å². The lowest BCUT2D eigenvalue weighted by molar-refractivity contribution is -0.133. The highest BCUT2D eigenvalue weighted by Crippen LogP contribution is 2.18. The van der Waals surface area contributed by atoms with Gasteiger partial charge < -0.3 is 14.7 Å². The summed E-state index contributed by atoms with van der Waals surface area (Å²) in [6, 6.07) is 14.4. The molecule has 0 atom stereocenters. The quantitative estimate of drug-likeness (QED) is 0.700. The summed E-state index contributed by atoms with van der Waals surface area (Å²) >= 11 is 0. The van der Waals surface area contributed by atoms with E-state index in [0.717, 1.165) is 24.3 Å². The Balaban J connectivity index is 1.21. The molecule has 2 aliphatic rings. The Labute approximate surface area is 195 Å². The normalized spacial score (nSPS) is 17.5. The number of halogens is 1. The number of piperazine rings is 2. The minimum atomic E-state index is -0.238. The Morgan fingerprint density at radius 2 is 1.36 bits per heavy atom. The molecule has 2 heterocycles. The monoisotopic (exact) mass is 452 g/mol. The molecule has 0 saturated carbocycles. The molecule has 2 fully saturated rings. The first-order valence-electron chi connectivity index (χ1n) is 11.8. The topological polar surface area (TPSA) is 47.1 Å². The van der Waals surface area contributed by atoms with Crippen LogP contribution in [0.5, 0.6) is 0 Å². The fourth-order valence-corrected chi connectivity index (χ4v) is 4.46. The molecule has 33 heavy (non-hydrogen) atoms. The van der Waals surface area contributed by atoms with Crippen LogP contribution in [0.25, 0.3) is 0 Å². The van der Waals surface area contributed by atoms with E-state index in [2.05, 4.69) is 23.6 Å². The van der Waals surface area contributed by atoms with Crippen LogP contribution in [0.2, 0.25) is 0 Å². The van der Waals surface area contributed by atoms with Crippen molar-refractivity contribution in [2.45, 2.75) is 19.8 Å². The number of hydrogen-bond donors (Lipinski definition) is 0. The standard InChI is InChI=1S/C26H33FN4O2/c1-20(2)21-3-5-22(6-4-21)26(33)31-13-11-28(12-14-31)19-25(32)30-17-15-29(16-18-30)24-9-7-23(27)8-10-24/h3-10,20H,11-19H2,1-2H3. The molecule has 0 bridgehead atoms. The van der Waals surface area contributed by atoms with E-state index in [4.69, 9.17) is 0 Å². The van der Waals surface area contributed by atoms with Gasteiger partial charge in [-0.2, -0.15) is 0 Å². The minimum absolute atomic E-state index is 0.0631. The molecule has 0 aromatic heterocycles. The Morgan fingerprint density at radius 3 is 1.94 bits per heavy atom. The van der Waals surface area contributed by atoms with Gasteiger partial charge in [-0.15, -0.1) is 0 Å². The second-order valence-corrected chi connectivity index (χ2v) is 9.19. The molecule has 2 aromatic carbocycles. The van der Waals surface area contributed by atoms with Crippen LogP contribution in [0.15, 0.2) is 48.5 Å². The zero-order valence-corrected chi connectivity index (χ0v) is 19.5. The Bertz CT molecular complexity index is 945. The molecule has 2 aliphatic heterocycles. The van der Waals surface area contributed by atoms with Gasteiger partial charge in [-0.3, -0.25) is 14.5 Å². The first-order valence-corrected chi connectivity index (χ1v) is 11.8. The third-order valence-corrected chi connectivity index (χ3v) is 6.67. The van der Waals surface area contributed by atoms with E-state index in [1.807, 2.05) is 34.1 Å². The summed E-state index contributed by atoms with van der Waals surface area (Å²) in [5.41, 5.74) is 2.94. The largest absolute Gasteiger partial charge is 0.368 e. The van der Waals surface area contributed by atoms with Gasteiger partial charge in [0.25, 0.3) is 5.91 Å². The van der Waals surface area contributed by atoms with E-state index < -0.39 is 0 Å². The summed E-state index contributed by atoms with van der Waals surface area (Å²) in [6.45, 7) is 10.2. The van der Waals surface area contributed by atoms with Gasteiger partial charge in [-0.1, -0.05) is 26.0 Å². The Morgan fingerprint density at radius 1 is 0.788 bits per heavy atom. The molecule has 0 aliphatic carbocycles.